The van der Waals surface area contributed by atoms with Crippen molar-refractivity contribution in [3.05, 3.63) is 48.0 Å². The Labute approximate surface area is 195 Å². The molecule has 0 saturated heterocycles. The number of benzene rings is 2. The van der Waals surface area contributed by atoms with Crippen LogP contribution in [0.5, 0.6) is 0 Å². The molecule has 0 bridgehead atoms. The quantitative estimate of drug-likeness (QED) is 0.493. The maximum absolute atomic E-state index is 13.2. The summed E-state index contributed by atoms with van der Waals surface area (Å²) < 4.78 is 28.1. The van der Waals surface area contributed by atoms with Gasteiger partial charge in [0.2, 0.25) is 5.91 Å². The summed E-state index contributed by atoms with van der Waals surface area (Å²) in [6, 6.07) is 11.0. The maximum atomic E-state index is 13.2. The zero-order valence-electron chi connectivity index (χ0n) is 18.2. The molecule has 172 valence electrons. The molecule has 3 aromatic rings. The lowest BCUT2D eigenvalue weighted by molar-refractivity contribution is -0.118. The summed E-state index contributed by atoms with van der Waals surface area (Å²) in [6.45, 7) is 5.27. The second-order valence-electron chi connectivity index (χ2n) is 7.78. The molecule has 0 radical (unpaired) electrons. The molecule has 2 atom stereocenters. The standard InChI is InChI=1S/C22H23N5O4S2/c1-4-12(2)19(25-20-15-7-5-6-8-18(15)33(30,31)27-20)21(29)26-22-24-16-10-9-14(23-13(3)28)11-17(16)32-22/h5-12,19H,4H2,1-3H3,(H,23,28)(H,25,27)(H,24,26,29)/t12-,19-/m0/s1. The van der Waals surface area contributed by atoms with Crippen molar-refractivity contribution in [1.29, 1.82) is 0 Å². The monoisotopic (exact) mass is 485 g/mol. The van der Waals surface area contributed by atoms with Crippen LogP contribution in [0.1, 0.15) is 32.8 Å². The molecule has 9 nitrogen and oxygen atoms in total. The van der Waals surface area contributed by atoms with Gasteiger partial charge in [-0.2, -0.15) is 0 Å². The molecule has 2 aromatic carbocycles. The molecule has 0 spiro atoms. The second-order valence-corrected chi connectivity index (χ2v) is 10.5. The summed E-state index contributed by atoms with van der Waals surface area (Å²) in [6.07, 6.45) is 0.670. The lowest BCUT2D eigenvalue weighted by Crippen LogP contribution is -2.34. The highest BCUT2D eigenvalue weighted by atomic mass is 32.2. The smallest absolute Gasteiger partial charge is 0.263 e. The molecule has 11 heteroatoms. The van der Waals surface area contributed by atoms with Gasteiger partial charge in [0.05, 0.1) is 15.1 Å². The molecule has 0 saturated carbocycles. The van der Waals surface area contributed by atoms with E-state index in [9.17, 15) is 18.0 Å². The van der Waals surface area contributed by atoms with E-state index in [1.807, 2.05) is 13.8 Å². The molecule has 1 aromatic heterocycles. The second kappa shape index (κ2) is 8.91. The number of aliphatic imine (C=N–C) groups is 1. The first-order chi connectivity index (χ1) is 15.7. The Balaban J connectivity index is 1.62. The van der Waals surface area contributed by atoms with Crippen molar-refractivity contribution in [2.75, 3.05) is 10.6 Å². The molecule has 4 rings (SSSR count). The Morgan fingerprint density at radius 3 is 2.67 bits per heavy atom. The van der Waals surface area contributed by atoms with E-state index in [2.05, 4.69) is 25.3 Å². The van der Waals surface area contributed by atoms with Crippen molar-refractivity contribution in [3.8, 4) is 0 Å². The SMILES string of the molecule is CC[C@H](C)[C@H](N=C1NS(=O)(=O)c2ccccc21)C(=O)Nc1nc2ccc(NC(C)=O)cc2s1. The molecule has 0 unspecified atom stereocenters. The van der Waals surface area contributed by atoms with E-state index < -0.39 is 16.1 Å². The van der Waals surface area contributed by atoms with E-state index in [-0.39, 0.29) is 28.5 Å². The first-order valence-corrected chi connectivity index (χ1v) is 12.7. The number of nitrogens with zero attached hydrogens (tertiary/aromatic N) is 2. The van der Waals surface area contributed by atoms with Crippen LogP contribution in [-0.4, -0.2) is 37.1 Å². The summed E-state index contributed by atoms with van der Waals surface area (Å²) in [5.74, 6) is -0.528. The van der Waals surface area contributed by atoms with E-state index in [1.54, 1.807) is 36.4 Å². The first-order valence-electron chi connectivity index (χ1n) is 10.4. The number of nitrogens with one attached hydrogen (secondary N) is 3. The molecule has 3 N–H and O–H groups in total. The number of anilines is 2. The minimum atomic E-state index is -3.70. The Morgan fingerprint density at radius 2 is 1.94 bits per heavy atom. The van der Waals surface area contributed by atoms with Crippen molar-refractivity contribution in [2.45, 2.75) is 38.1 Å². The minimum Gasteiger partial charge on any atom is -0.326 e. The van der Waals surface area contributed by atoms with Crippen LogP contribution < -0.4 is 15.4 Å². The maximum Gasteiger partial charge on any atom is 0.263 e. The predicted molar refractivity (Wildman–Crippen MR) is 129 cm³/mol. The van der Waals surface area contributed by atoms with Crippen LogP contribution in [0.3, 0.4) is 0 Å². The lowest BCUT2D eigenvalue weighted by atomic mass is 9.99. The number of amides is 2. The highest BCUT2D eigenvalue weighted by molar-refractivity contribution is 7.90. The zero-order valence-corrected chi connectivity index (χ0v) is 19.9. The van der Waals surface area contributed by atoms with Gasteiger partial charge in [0.15, 0.2) is 5.13 Å². The first kappa shape index (κ1) is 22.9. The van der Waals surface area contributed by atoms with Crippen LogP contribution in [0.2, 0.25) is 0 Å². The van der Waals surface area contributed by atoms with Crippen LogP contribution in [-0.2, 0) is 19.6 Å². The number of hydrogen-bond donors (Lipinski definition) is 3. The number of sulfonamides is 1. The number of hydrogen-bond acceptors (Lipinski definition) is 7. The number of aromatic nitrogens is 1. The molecule has 1 aliphatic rings. The third-order valence-electron chi connectivity index (χ3n) is 5.32. The van der Waals surface area contributed by atoms with Crippen LogP contribution in [0, 0.1) is 5.92 Å². The molecule has 2 heterocycles. The van der Waals surface area contributed by atoms with Crippen LogP contribution in [0.25, 0.3) is 10.2 Å². The molecular weight excluding hydrogens is 462 g/mol. The number of carbonyl (C=O) groups excluding carboxylic acids is 2. The molecule has 0 fully saturated rings. The third kappa shape index (κ3) is 4.74. The molecule has 0 aliphatic carbocycles. The fourth-order valence-electron chi connectivity index (χ4n) is 3.47. The van der Waals surface area contributed by atoms with Gasteiger partial charge in [-0.15, -0.1) is 0 Å². The van der Waals surface area contributed by atoms with Crippen molar-refractivity contribution >= 4 is 60.0 Å². The largest absolute Gasteiger partial charge is 0.326 e. The summed E-state index contributed by atoms with van der Waals surface area (Å²) in [4.78, 5) is 33.6. The Kier molecular flexibility index (Phi) is 6.17. The Morgan fingerprint density at radius 1 is 1.18 bits per heavy atom. The van der Waals surface area contributed by atoms with Gasteiger partial charge in [-0.25, -0.2) is 13.4 Å². The summed E-state index contributed by atoms with van der Waals surface area (Å²) in [5.41, 5.74) is 1.78. The van der Waals surface area contributed by atoms with E-state index in [1.165, 1.54) is 24.3 Å². The van der Waals surface area contributed by atoms with Crippen molar-refractivity contribution in [1.82, 2.24) is 9.71 Å². The van der Waals surface area contributed by atoms with E-state index in [0.29, 0.717) is 28.3 Å². The highest BCUT2D eigenvalue weighted by Gasteiger charge is 2.33. The van der Waals surface area contributed by atoms with Crippen LogP contribution in [0.15, 0.2) is 52.4 Å². The van der Waals surface area contributed by atoms with Crippen LogP contribution in [0.4, 0.5) is 10.8 Å². The van der Waals surface area contributed by atoms with Crippen molar-refractivity contribution in [2.24, 2.45) is 10.9 Å². The number of thiazole rings is 1. The summed E-state index contributed by atoms with van der Waals surface area (Å²) in [5, 5.41) is 5.94. The molecule has 1 aliphatic heterocycles. The van der Waals surface area contributed by atoms with E-state index in [0.717, 1.165) is 4.70 Å². The van der Waals surface area contributed by atoms with Gasteiger partial charge in [-0.3, -0.25) is 19.3 Å². The van der Waals surface area contributed by atoms with Gasteiger partial charge < -0.3 is 10.6 Å². The fourth-order valence-corrected chi connectivity index (χ4v) is 5.62. The fraction of sp³-hybridized carbons (Fsp3) is 0.273. The summed E-state index contributed by atoms with van der Waals surface area (Å²) >= 11 is 1.28. The van der Waals surface area contributed by atoms with Crippen molar-refractivity contribution < 1.29 is 18.0 Å². The zero-order chi connectivity index (χ0) is 23.8. The average molecular weight is 486 g/mol. The number of fused-ring (bicyclic) bond motifs is 2. The van der Waals surface area contributed by atoms with Gasteiger partial charge in [0, 0.05) is 18.2 Å². The Hall–Kier alpha value is -3.31. The van der Waals surface area contributed by atoms with Gasteiger partial charge in [0.25, 0.3) is 15.9 Å². The van der Waals surface area contributed by atoms with Gasteiger partial charge in [-0.1, -0.05) is 43.7 Å². The molecular formula is C22H23N5O4S2. The molecule has 33 heavy (non-hydrogen) atoms. The lowest BCUT2D eigenvalue weighted by Gasteiger charge is -2.18. The van der Waals surface area contributed by atoms with Gasteiger partial charge >= 0.3 is 0 Å². The average Bonchev–Trinajstić information content (AvgIpc) is 3.28. The number of rotatable bonds is 6. The predicted octanol–water partition coefficient (Wildman–Crippen LogP) is 3.35. The minimum absolute atomic E-state index is 0.143. The summed E-state index contributed by atoms with van der Waals surface area (Å²) in [7, 11) is -3.70. The molecule has 2 amide bonds. The normalized spacial score (nSPS) is 17.2. The van der Waals surface area contributed by atoms with E-state index >= 15 is 0 Å². The van der Waals surface area contributed by atoms with Gasteiger partial charge in [-0.05, 0) is 36.2 Å². The van der Waals surface area contributed by atoms with Gasteiger partial charge in [0.1, 0.15) is 11.9 Å². The van der Waals surface area contributed by atoms with E-state index in [4.69, 9.17) is 0 Å². The highest BCUT2D eigenvalue weighted by Crippen LogP contribution is 2.29. The number of amidine groups is 1. The Bertz CT molecular complexity index is 1380. The van der Waals surface area contributed by atoms with Crippen molar-refractivity contribution in [3.63, 3.8) is 0 Å². The number of carbonyl (C=O) groups is 2. The van der Waals surface area contributed by atoms with Crippen LogP contribution >= 0.6 is 11.3 Å². The third-order valence-corrected chi connectivity index (χ3v) is 7.65. The topological polar surface area (TPSA) is 130 Å².